The molecule has 0 amide bonds. The molecule has 0 N–H and O–H groups in total. The maximum atomic E-state index is 3.98. The van der Waals surface area contributed by atoms with Crippen molar-refractivity contribution in [3.63, 3.8) is 0 Å². The molecule has 0 bridgehead atoms. The minimum absolute atomic E-state index is 0.789. The summed E-state index contributed by atoms with van der Waals surface area (Å²) in [7, 11) is 0. The van der Waals surface area contributed by atoms with Crippen LogP contribution in [0.5, 0.6) is 0 Å². The van der Waals surface area contributed by atoms with E-state index in [1.807, 2.05) is 0 Å². The summed E-state index contributed by atoms with van der Waals surface area (Å²) in [5.74, 6) is 0. The first kappa shape index (κ1) is 5.55. The van der Waals surface area contributed by atoms with Crippen molar-refractivity contribution in [3.05, 3.63) is 24.2 Å². The highest BCUT2D eigenvalue weighted by Gasteiger charge is 1.96. The summed E-state index contributed by atoms with van der Waals surface area (Å²) in [6.45, 7) is 0. The summed E-state index contributed by atoms with van der Waals surface area (Å²) >= 11 is 1.40. The molecule has 0 unspecified atom stereocenters. The lowest BCUT2D eigenvalue weighted by Crippen LogP contribution is -1.91. The standard InChI is InChI=1S/C5H3N4S/c1-2-10-5(7-1)9-4-6-3-8-9/h1,3-4H. The van der Waals surface area contributed by atoms with Crippen molar-refractivity contribution in [1.82, 2.24) is 19.7 Å². The van der Waals surface area contributed by atoms with Crippen LogP contribution in [0.15, 0.2) is 18.9 Å². The number of nitrogens with zero attached hydrogens (tertiary/aromatic N) is 4. The highest BCUT2D eigenvalue weighted by atomic mass is 32.1. The van der Waals surface area contributed by atoms with E-state index in [4.69, 9.17) is 0 Å². The first-order valence-corrected chi connectivity index (χ1v) is 3.45. The van der Waals surface area contributed by atoms with Crippen molar-refractivity contribution in [3.8, 4) is 5.13 Å². The van der Waals surface area contributed by atoms with Crippen LogP contribution in [0.1, 0.15) is 0 Å². The maximum absolute atomic E-state index is 3.98. The van der Waals surface area contributed by atoms with Gasteiger partial charge in [0.15, 0.2) is 0 Å². The Labute approximate surface area is 61.2 Å². The lowest BCUT2D eigenvalue weighted by molar-refractivity contribution is 0.868. The zero-order valence-electron chi connectivity index (χ0n) is 4.93. The summed E-state index contributed by atoms with van der Waals surface area (Å²) < 4.78 is 1.60. The molecule has 4 nitrogen and oxygen atoms in total. The molecule has 0 aliphatic rings. The van der Waals surface area contributed by atoms with Crippen molar-refractivity contribution in [1.29, 1.82) is 0 Å². The molecule has 49 valence electrons. The highest BCUT2D eigenvalue weighted by molar-refractivity contribution is 7.11. The van der Waals surface area contributed by atoms with Crippen molar-refractivity contribution < 1.29 is 0 Å². The van der Waals surface area contributed by atoms with Gasteiger partial charge in [0.1, 0.15) is 12.7 Å². The van der Waals surface area contributed by atoms with E-state index in [0.29, 0.717) is 0 Å². The zero-order valence-corrected chi connectivity index (χ0v) is 5.75. The zero-order chi connectivity index (χ0) is 6.81. The average Bonchev–Trinajstić information content (AvgIpc) is 2.59. The van der Waals surface area contributed by atoms with Crippen molar-refractivity contribution in [2.24, 2.45) is 0 Å². The minimum atomic E-state index is 0.789. The predicted molar refractivity (Wildman–Crippen MR) is 35.9 cm³/mol. The molecule has 0 saturated carbocycles. The quantitative estimate of drug-likeness (QED) is 0.597. The Kier molecular flexibility index (Phi) is 1.21. The molecule has 0 fully saturated rings. The van der Waals surface area contributed by atoms with Crippen molar-refractivity contribution in [2.75, 3.05) is 0 Å². The number of hydrogen-bond donors (Lipinski definition) is 0. The summed E-state index contributed by atoms with van der Waals surface area (Å²) in [4.78, 5) is 7.76. The van der Waals surface area contributed by atoms with E-state index in [2.05, 4.69) is 20.4 Å². The van der Waals surface area contributed by atoms with Crippen LogP contribution >= 0.6 is 11.3 Å². The van der Waals surface area contributed by atoms with Crippen LogP contribution in [-0.2, 0) is 0 Å². The number of hydrogen-bond acceptors (Lipinski definition) is 4. The number of rotatable bonds is 1. The van der Waals surface area contributed by atoms with Crippen LogP contribution in [-0.4, -0.2) is 19.7 Å². The summed E-state index contributed by atoms with van der Waals surface area (Å²) in [5, 5.41) is 7.54. The molecular weight excluding hydrogens is 148 g/mol. The minimum Gasteiger partial charge on any atom is -0.226 e. The Morgan fingerprint density at radius 2 is 2.60 bits per heavy atom. The fourth-order valence-electron chi connectivity index (χ4n) is 0.600. The Morgan fingerprint density at radius 1 is 1.60 bits per heavy atom. The van der Waals surface area contributed by atoms with Gasteiger partial charge < -0.3 is 0 Å². The third-order valence-electron chi connectivity index (χ3n) is 0.993. The predicted octanol–water partition coefficient (Wildman–Crippen LogP) is 0.524. The van der Waals surface area contributed by atoms with Gasteiger partial charge in [0.2, 0.25) is 5.13 Å². The van der Waals surface area contributed by atoms with Gasteiger partial charge in [-0.25, -0.2) is 9.97 Å². The Balaban J connectivity index is 2.48. The van der Waals surface area contributed by atoms with Gasteiger partial charge in [-0.05, 0) is 0 Å². The van der Waals surface area contributed by atoms with Crippen LogP contribution in [0.4, 0.5) is 0 Å². The molecule has 2 aromatic heterocycles. The van der Waals surface area contributed by atoms with Crippen LogP contribution in [0, 0.1) is 5.38 Å². The van der Waals surface area contributed by atoms with Gasteiger partial charge in [0.05, 0.1) is 5.38 Å². The van der Waals surface area contributed by atoms with E-state index in [0.717, 1.165) is 5.13 Å². The third kappa shape index (κ3) is 0.801. The van der Waals surface area contributed by atoms with Crippen LogP contribution < -0.4 is 0 Å². The Morgan fingerprint density at radius 3 is 3.20 bits per heavy atom. The van der Waals surface area contributed by atoms with Gasteiger partial charge in [0.25, 0.3) is 0 Å². The molecule has 0 aromatic carbocycles. The van der Waals surface area contributed by atoms with Gasteiger partial charge in [-0.15, -0.1) is 0 Å². The van der Waals surface area contributed by atoms with E-state index < -0.39 is 0 Å². The molecule has 2 heterocycles. The van der Waals surface area contributed by atoms with Crippen molar-refractivity contribution in [2.45, 2.75) is 0 Å². The second-order valence-electron chi connectivity index (χ2n) is 1.60. The van der Waals surface area contributed by atoms with Gasteiger partial charge in [-0.1, -0.05) is 11.3 Å². The molecule has 0 aliphatic carbocycles. The Hall–Kier alpha value is -1.23. The highest BCUT2D eigenvalue weighted by Crippen LogP contribution is 2.06. The molecule has 0 aliphatic heterocycles. The number of thiazole rings is 1. The molecule has 5 heteroatoms. The van der Waals surface area contributed by atoms with Crippen molar-refractivity contribution >= 4 is 11.3 Å². The first-order chi connectivity index (χ1) is 4.97. The molecule has 2 rings (SSSR count). The lowest BCUT2D eigenvalue weighted by atomic mass is 11.0. The largest absolute Gasteiger partial charge is 0.226 e. The van der Waals surface area contributed by atoms with Gasteiger partial charge in [-0.3, -0.25) is 0 Å². The SMILES string of the molecule is [c]1cnc(-n2cncn2)s1. The second kappa shape index (κ2) is 2.18. The normalized spacial score (nSPS) is 10.0. The van der Waals surface area contributed by atoms with E-state index in [-0.39, 0.29) is 0 Å². The van der Waals surface area contributed by atoms with Crippen LogP contribution in [0.2, 0.25) is 0 Å². The summed E-state index contributed by atoms with van der Waals surface area (Å²) in [6, 6.07) is 0. The third-order valence-corrected chi connectivity index (χ3v) is 1.69. The fourth-order valence-corrected chi connectivity index (χ4v) is 1.10. The fraction of sp³-hybridized carbons (Fsp3) is 0. The van der Waals surface area contributed by atoms with E-state index in [1.165, 1.54) is 17.7 Å². The van der Waals surface area contributed by atoms with Crippen LogP contribution in [0.25, 0.3) is 5.13 Å². The molecular formula is C5H3N4S. The van der Waals surface area contributed by atoms with E-state index in [9.17, 15) is 0 Å². The monoisotopic (exact) mass is 151 g/mol. The van der Waals surface area contributed by atoms with E-state index in [1.54, 1.807) is 17.2 Å². The summed E-state index contributed by atoms with van der Waals surface area (Å²) in [5.41, 5.74) is 0. The molecule has 10 heavy (non-hydrogen) atoms. The van der Waals surface area contributed by atoms with E-state index >= 15 is 0 Å². The Bertz CT molecular complexity index is 253. The molecule has 0 atom stereocenters. The molecule has 0 spiro atoms. The molecule has 1 radical (unpaired) electrons. The van der Waals surface area contributed by atoms with Crippen LogP contribution in [0.3, 0.4) is 0 Å². The molecule has 0 saturated heterocycles. The lowest BCUT2D eigenvalue weighted by Gasteiger charge is -1.87. The second-order valence-corrected chi connectivity index (χ2v) is 2.41. The smallest absolute Gasteiger partial charge is 0.212 e. The first-order valence-electron chi connectivity index (χ1n) is 2.64. The summed E-state index contributed by atoms with van der Waals surface area (Å²) in [6.07, 6.45) is 4.69. The van der Waals surface area contributed by atoms with Gasteiger partial charge >= 0.3 is 0 Å². The van der Waals surface area contributed by atoms with Gasteiger partial charge in [-0.2, -0.15) is 9.78 Å². The molecule has 2 aromatic rings. The topological polar surface area (TPSA) is 43.6 Å². The maximum Gasteiger partial charge on any atom is 0.212 e. The van der Waals surface area contributed by atoms with Gasteiger partial charge in [0, 0.05) is 6.20 Å². The number of aromatic nitrogens is 4. The average molecular weight is 151 g/mol.